The molecule has 1 nitrogen and oxygen atoms in total. The summed E-state index contributed by atoms with van der Waals surface area (Å²) < 4.78 is 5.76. The minimum atomic E-state index is 0.382. The van der Waals surface area contributed by atoms with E-state index in [1.54, 1.807) is 0 Å². The van der Waals surface area contributed by atoms with Crippen LogP contribution in [-0.4, -0.2) is 12.2 Å². The highest BCUT2D eigenvalue weighted by Gasteiger charge is 2.47. The van der Waals surface area contributed by atoms with E-state index in [0.717, 1.165) is 18.4 Å². The summed E-state index contributed by atoms with van der Waals surface area (Å²) in [6.45, 7) is 5.70. The zero-order valence-corrected chi connectivity index (χ0v) is 7.60. The van der Waals surface area contributed by atoms with Gasteiger partial charge in [-0.15, -0.1) is 0 Å². The first kappa shape index (κ1) is 7.60. The van der Waals surface area contributed by atoms with Crippen LogP contribution in [0.5, 0.6) is 0 Å². The van der Waals surface area contributed by atoms with Crippen LogP contribution >= 0.6 is 0 Å². The summed E-state index contributed by atoms with van der Waals surface area (Å²) in [7, 11) is 0. The second-order valence-electron chi connectivity index (χ2n) is 4.53. The second-order valence-corrected chi connectivity index (χ2v) is 4.53. The SMILES string of the molecule is CC(C)C1CCOC2(CC2)C1. The van der Waals surface area contributed by atoms with Gasteiger partial charge >= 0.3 is 0 Å². The van der Waals surface area contributed by atoms with Crippen molar-refractivity contribution in [2.24, 2.45) is 11.8 Å². The Bertz CT molecular complexity index is 147. The van der Waals surface area contributed by atoms with Gasteiger partial charge in [0.1, 0.15) is 0 Å². The van der Waals surface area contributed by atoms with Gasteiger partial charge in [0.2, 0.25) is 0 Å². The van der Waals surface area contributed by atoms with Crippen LogP contribution in [0.25, 0.3) is 0 Å². The van der Waals surface area contributed by atoms with Crippen molar-refractivity contribution < 1.29 is 4.74 Å². The highest BCUT2D eigenvalue weighted by molar-refractivity contribution is 4.99. The molecule has 0 bridgehead atoms. The molecule has 1 aliphatic carbocycles. The summed E-state index contributed by atoms with van der Waals surface area (Å²) in [6.07, 6.45) is 5.29. The molecular formula is C10H18O. The van der Waals surface area contributed by atoms with Crippen LogP contribution < -0.4 is 0 Å². The topological polar surface area (TPSA) is 9.23 Å². The van der Waals surface area contributed by atoms with Crippen molar-refractivity contribution in [1.82, 2.24) is 0 Å². The predicted octanol–water partition coefficient (Wildman–Crippen LogP) is 2.60. The lowest BCUT2D eigenvalue weighted by Gasteiger charge is -2.32. The lowest BCUT2D eigenvalue weighted by Crippen LogP contribution is -2.29. The van der Waals surface area contributed by atoms with Crippen LogP contribution in [-0.2, 0) is 4.74 Å². The average Bonchev–Trinajstić information content (AvgIpc) is 2.69. The standard InChI is InChI=1S/C10H18O/c1-8(2)9-3-6-11-10(7-9)4-5-10/h8-9H,3-7H2,1-2H3. The third-order valence-corrected chi connectivity index (χ3v) is 3.28. The van der Waals surface area contributed by atoms with Gasteiger partial charge in [-0.3, -0.25) is 0 Å². The average molecular weight is 154 g/mol. The molecule has 1 saturated carbocycles. The molecule has 0 radical (unpaired) electrons. The summed E-state index contributed by atoms with van der Waals surface area (Å²) in [5.41, 5.74) is 0.382. The largest absolute Gasteiger partial charge is 0.375 e. The predicted molar refractivity (Wildman–Crippen MR) is 45.5 cm³/mol. The Hall–Kier alpha value is -0.0400. The molecule has 1 aliphatic heterocycles. The number of hydrogen-bond acceptors (Lipinski definition) is 1. The van der Waals surface area contributed by atoms with Gasteiger partial charge in [-0.05, 0) is 37.5 Å². The molecule has 0 aromatic heterocycles. The Morgan fingerprint density at radius 3 is 2.64 bits per heavy atom. The fourth-order valence-corrected chi connectivity index (χ4v) is 2.12. The van der Waals surface area contributed by atoms with Crippen LogP contribution in [0.3, 0.4) is 0 Å². The summed E-state index contributed by atoms with van der Waals surface area (Å²) in [5.74, 6) is 1.79. The molecule has 2 aliphatic rings. The van der Waals surface area contributed by atoms with E-state index in [2.05, 4.69) is 13.8 Å². The monoisotopic (exact) mass is 154 g/mol. The molecule has 2 rings (SSSR count). The van der Waals surface area contributed by atoms with Crippen LogP contribution in [0.4, 0.5) is 0 Å². The van der Waals surface area contributed by atoms with Crippen LogP contribution in [0.1, 0.15) is 39.5 Å². The van der Waals surface area contributed by atoms with Crippen LogP contribution in [0.15, 0.2) is 0 Å². The lowest BCUT2D eigenvalue weighted by molar-refractivity contribution is -0.0374. The maximum atomic E-state index is 5.76. The normalized spacial score (nSPS) is 34.6. The fourth-order valence-electron chi connectivity index (χ4n) is 2.12. The minimum Gasteiger partial charge on any atom is -0.375 e. The van der Waals surface area contributed by atoms with Gasteiger partial charge < -0.3 is 4.74 Å². The molecule has 0 amide bonds. The van der Waals surface area contributed by atoms with Gasteiger partial charge in [0, 0.05) is 6.61 Å². The quantitative estimate of drug-likeness (QED) is 0.564. The molecule has 0 aromatic carbocycles. The van der Waals surface area contributed by atoms with E-state index in [1.165, 1.54) is 25.7 Å². The van der Waals surface area contributed by atoms with Crippen molar-refractivity contribution in [3.63, 3.8) is 0 Å². The van der Waals surface area contributed by atoms with E-state index in [-0.39, 0.29) is 0 Å². The van der Waals surface area contributed by atoms with Gasteiger partial charge in [-0.25, -0.2) is 0 Å². The molecule has 0 aromatic rings. The third-order valence-electron chi connectivity index (χ3n) is 3.28. The van der Waals surface area contributed by atoms with E-state index >= 15 is 0 Å². The number of ether oxygens (including phenoxy) is 1. The first-order valence-corrected chi connectivity index (χ1v) is 4.86. The van der Waals surface area contributed by atoms with Crippen LogP contribution in [0.2, 0.25) is 0 Å². The summed E-state index contributed by atoms with van der Waals surface area (Å²) in [5, 5.41) is 0. The van der Waals surface area contributed by atoms with E-state index in [9.17, 15) is 0 Å². The molecule has 1 spiro atoms. The maximum Gasteiger partial charge on any atom is 0.0687 e. The molecule has 64 valence electrons. The van der Waals surface area contributed by atoms with E-state index in [1.807, 2.05) is 0 Å². The van der Waals surface area contributed by atoms with Crippen molar-refractivity contribution in [2.45, 2.75) is 45.1 Å². The molecular weight excluding hydrogens is 136 g/mol. The van der Waals surface area contributed by atoms with E-state index in [4.69, 9.17) is 4.74 Å². The summed E-state index contributed by atoms with van der Waals surface area (Å²) in [4.78, 5) is 0. The van der Waals surface area contributed by atoms with Gasteiger partial charge in [0.05, 0.1) is 5.60 Å². The van der Waals surface area contributed by atoms with Crippen molar-refractivity contribution >= 4 is 0 Å². The fraction of sp³-hybridized carbons (Fsp3) is 1.00. The van der Waals surface area contributed by atoms with Gasteiger partial charge in [-0.1, -0.05) is 13.8 Å². The molecule has 11 heavy (non-hydrogen) atoms. The first-order chi connectivity index (χ1) is 5.22. The number of rotatable bonds is 1. The van der Waals surface area contributed by atoms with Gasteiger partial charge in [0.25, 0.3) is 0 Å². The molecule has 1 atom stereocenters. The highest BCUT2D eigenvalue weighted by atomic mass is 16.5. The summed E-state index contributed by atoms with van der Waals surface area (Å²) in [6, 6.07) is 0. The van der Waals surface area contributed by atoms with Gasteiger partial charge in [-0.2, -0.15) is 0 Å². The Balaban J connectivity index is 1.93. The molecule has 1 unspecified atom stereocenters. The smallest absolute Gasteiger partial charge is 0.0687 e. The van der Waals surface area contributed by atoms with E-state index < -0.39 is 0 Å². The molecule has 1 heterocycles. The molecule has 2 fully saturated rings. The molecule has 1 saturated heterocycles. The zero-order valence-electron chi connectivity index (χ0n) is 7.60. The number of hydrogen-bond donors (Lipinski definition) is 0. The first-order valence-electron chi connectivity index (χ1n) is 4.86. The Morgan fingerprint density at radius 2 is 2.09 bits per heavy atom. The van der Waals surface area contributed by atoms with Crippen molar-refractivity contribution in [3.8, 4) is 0 Å². The Labute approximate surface area is 69.1 Å². The minimum absolute atomic E-state index is 0.382. The highest BCUT2D eigenvalue weighted by Crippen LogP contribution is 2.49. The van der Waals surface area contributed by atoms with E-state index in [0.29, 0.717) is 5.60 Å². The van der Waals surface area contributed by atoms with Crippen molar-refractivity contribution in [3.05, 3.63) is 0 Å². The molecule has 0 N–H and O–H groups in total. The van der Waals surface area contributed by atoms with Crippen molar-refractivity contribution in [2.75, 3.05) is 6.61 Å². The second kappa shape index (κ2) is 2.48. The molecule has 1 heteroatoms. The Morgan fingerprint density at radius 1 is 1.36 bits per heavy atom. The third kappa shape index (κ3) is 1.44. The Kier molecular flexibility index (Phi) is 1.71. The van der Waals surface area contributed by atoms with Crippen LogP contribution in [0, 0.1) is 11.8 Å². The summed E-state index contributed by atoms with van der Waals surface area (Å²) >= 11 is 0. The zero-order chi connectivity index (χ0) is 7.90. The van der Waals surface area contributed by atoms with Crippen molar-refractivity contribution in [1.29, 1.82) is 0 Å². The van der Waals surface area contributed by atoms with Gasteiger partial charge in [0.15, 0.2) is 0 Å². The maximum absolute atomic E-state index is 5.76. The lowest BCUT2D eigenvalue weighted by atomic mass is 9.85.